The zero-order valence-corrected chi connectivity index (χ0v) is 19.1. The molecule has 0 saturated carbocycles. The number of carbonyl (C=O) groups excluding carboxylic acids is 1. The number of sulfonamides is 1. The van der Waals surface area contributed by atoms with Gasteiger partial charge in [0.25, 0.3) is 0 Å². The minimum absolute atomic E-state index is 0.0360. The maximum atomic E-state index is 13.1. The highest BCUT2D eigenvalue weighted by Gasteiger charge is 2.25. The molecular weight excluding hydrogens is 434 g/mol. The Morgan fingerprint density at radius 1 is 1.16 bits per heavy atom. The average molecular weight is 458 g/mol. The number of thioether (sulfide) groups is 1. The van der Waals surface area contributed by atoms with Crippen LogP contribution in [-0.4, -0.2) is 56.4 Å². The number of carbonyl (C=O) groups is 1. The van der Waals surface area contributed by atoms with Crippen LogP contribution in [0.3, 0.4) is 0 Å². The van der Waals surface area contributed by atoms with Crippen LogP contribution in [0, 0.1) is 0 Å². The molecule has 4 rings (SSSR count). The first-order chi connectivity index (χ1) is 14.9. The van der Waals surface area contributed by atoms with E-state index in [1.54, 1.807) is 30.5 Å². The number of aromatic nitrogens is 4. The monoisotopic (exact) mass is 457 g/mol. The molecule has 0 radical (unpaired) electrons. The predicted molar refractivity (Wildman–Crippen MR) is 121 cm³/mol. The summed E-state index contributed by atoms with van der Waals surface area (Å²) in [6.45, 7) is 6.19. The van der Waals surface area contributed by atoms with Crippen LogP contribution in [0.1, 0.15) is 31.1 Å². The Labute approximate surface area is 184 Å². The van der Waals surface area contributed by atoms with E-state index in [0.29, 0.717) is 29.5 Å². The Morgan fingerprint density at radius 2 is 1.90 bits per heavy atom. The Morgan fingerprint density at radius 3 is 2.65 bits per heavy atom. The quantitative estimate of drug-likeness (QED) is 0.320. The van der Waals surface area contributed by atoms with Crippen molar-refractivity contribution in [2.75, 3.05) is 13.1 Å². The lowest BCUT2D eigenvalue weighted by molar-refractivity contribution is 0.0995. The van der Waals surface area contributed by atoms with Crippen LogP contribution < -0.4 is 0 Å². The molecule has 0 amide bonds. The number of benzene rings is 1. The van der Waals surface area contributed by atoms with Crippen LogP contribution in [-0.2, 0) is 10.0 Å². The van der Waals surface area contributed by atoms with Gasteiger partial charge in [-0.25, -0.2) is 8.42 Å². The minimum atomic E-state index is -3.62. The van der Waals surface area contributed by atoms with Gasteiger partial charge in [0.2, 0.25) is 10.0 Å². The topological polar surface area (TPSA) is 100 Å². The van der Waals surface area contributed by atoms with Crippen molar-refractivity contribution >= 4 is 44.1 Å². The van der Waals surface area contributed by atoms with Gasteiger partial charge in [-0.05, 0) is 25.1 Å². The molecule has 0 fully saturated rings. The molecule has 1 atom stereocenters. The van der Waals surface area contributed by atoms with E-state index >= 15 is 0 Å². The van der Waals surface area contributed by atoms with Crippen molar-refractivity contribution in [2.45, 2.75) is 36.1 Å². The highest BCUT2D eigenvalue weighted by Crippen LogP contribution is 2.28. The zero-order valence-electron chi connectivity index (χ0n) is 17.4. The first-order valence-corrected chi connectivity index (χ1v) is 12.3. The maximum absolute atomic E-state index is 13.1. The number of nitrogens with zero attached hydrogens (tertiary/aromatic N) is 4. The van der Waals surface area contributed by atoms with E-state index in [4.69, 9.17) is 0 Å². The largest absolute Gasteiger partial charge is 0.360 e. The van der Waals surface area contributed by atoms with Gasteiger partial charge >= 0.3 is 0 Å². The smallest absolute Gasteiger partial charge is 0.244 e. The lowest BCUT2D eigenvalue weighted by Crippen LogP contribution is -2.30. The number of Topliss-reactive ketones (excluding diaryl/α,β-unsaturated/α-hetero) is 1. The summed E-state index contributed by atoms with van der Waals surface area (Å²) in [7, 11) is -3.62. The van der Waals surface area contributed by atoms with E-state index in [9.17, 15) is 13.2 Å². The van der Waals surface area contributed by atoms with Crippen LogP contribution in [0.4, 0.5) is 0 Å². The van der Waals surface area contributed by atoms with E-state index in [0.717, 1.165) is 10.9 Å². The third-order valence-corrected chi connectivity index (χ3v) is 8.28. The molecule has 0 aliphatic carbocycles. The molecule has 0 bridgehead atoms. The second kappa shape index (κ2) is 8.45. The average Bonchev–Trinajstić information content (AvgIpc) is 3.38. The number of nitrogens with one attached hydrogen (secondary N) is 1. The number of H-pyrrole nitrogens is 1. The van der Waals surface area contributed by atoms with Crippen LogP contribution >= 0.6 is 11.8 Å². The van der Waals surface area contributed by atoms with Crippen LogP contribution in [0.5, 0.6) is 0 Å². The standard InChI is InChI=1S/C21H23N5O3S2/c1-4-25(5-2)31(28,29)15-10-11-19-23-24-21(26(19)13-15)30-14(3)20(27)17-12-22-18-9-7-6-8-16(17)18/h6-14,22H,4-5H2,1-3H3. The number of hydrogen-bond donors (Lipinski definition) is 1. The van der Waals surface area contributed by atoms with Gasteiger partial charge in [0.05, 0.1) is 10.1 Å². The molecule has 162 valence electrons. The molecule has 31 heavy (non-hydrogen) atoms. The van der Waals surface area contributed by atoms with Gasteiger partial charge in [0, 0.05) is 41.9 Å². The Balaban J connectivity index is 1.65. The van der Waals surface area contributed by atoms with Crippen molar-refractivity contribution in [1.29, 1.82) is 0 Å². The summed E-state index contributed by atoms with van der Waals surface area (Å²) in [4.78, 5) is 16.4. The summed E-state index contributed by atoms with van der Waals surface area (Å²) in [5.74, 6) is -0.0360. The third kappa shape index (κ3) is 3.86. The number of rotatable bonds is 8. The third-order valence-electron chi connectivity index (χ3n) is 5.19. The van der Waals surface area contributed by atoms with E-state index in [-0.39, 0.29) is 10.7 Å². The Hall–Kier alpha value is -2.69. The molecule has 1 N–H and O–H groups in total. The summed E-state index contributed by atoms with van der Waals surface area (Å²) >= 11 is 1.25. The van der Waals surface area contributed by atoms with Gasteiger partial charge < -0.3 is 4.98 Å². The fourth-order valence-corrected chi connectivity index (χ4v) is 5.86. The van der Waals surface area contributed by atoms with Gasteiger partial charge in [0.1, 0.15) is 0 Å². The zero-order chi connectivity index (χ0) is 22.2. The van der Waals surface area contributed by atoms with Crippen molar-refractivity contribution in [3.63, 3.8) is 0 Å². The molecule has 3 aromatic heterocycles. The van der Waals surface area contributed by atoms with E-state index < -0.39 is 15.3 Å². The number of ketones is 1. The fraction of sp³-hybridized carbons (Fsp3) is 0.286. The van der Waals surface area contributed by atoms with E-state index in [1.807, 2.05) is 31.2 Å². The molecular formula is C21H23N5O3S2. The minimum Gasteiger partial charge on any atom is -0.360 e. The van der Waals surface area contributed by atoms with Gasteiger partial charge in [-0.15, -0.1) is 10.2 Å². The van der Waals surface area contributed by atoms with Crippen molar-refractivity contribution in [2.24, 2.45) is 0 Å². The van der Waals surface area contributed by atoms with Gasteiger partial charge in [-0.3, -0.25) is 9.20 Å². The summed E-state index contributed by atoms with van der Waals surface area (Å²) in [5, 5.41) is 9.20. The number of hydrogen-bond acceptors (Lipinski definition) is 6. The first kappa shape index (κ1) is 21.5. The molecule has 4 aromatic rings. The SMILES string of the molecule is CCN(CC)S(=O)(=O)c1ccc2nnc(SC(C)C(=O)c3c[nH]c4ccccc34)n2c1. The molecule has 8 nitrogen and oxygen atoms in total. The van der Waals surface area contributed by atoms with E-state index in [2.05, 4.69) is 15.2 Å². The second-order valence-electron chi connectivity index (χ2n) is 7.04. The Bertz CT molecular complexity index is 1360. The predicted octanol–water partition coefficient (Wildman–Crippen LogP) is 3.60. The van der Waals surface area contributed by atoms with Crippen molar-refractivity contribution in [1.82, 2.24) is 23.9 Å². The summed E-state index contributed by atoms with van der Waals surface area (Å²) < 4.78 is 28.8. The highest BCUT2D eigenvalue weighted by molar-refractivity contribution is 8.00. The molecule has 10 heteroatoms. The van der Waals surface area contributed by atoms with Crippen molar-refractivity contribution in [3.05, 3.63) is 54.4 Å². The lowest BCUT2D eigenvalue weighted by Gasteiger charge is -2.18. The first-order valence-electron chi connectivity index (χ1n) is 9.98. The summed E-state index contributed by atoms with van der Waals surface area (Å²) in [6.07, 6.45) is 3.24. The lowest BCUT2D eigenvalue weighted by atomic mass is 10.1. The number of para-hydroxylation sites is 1. The van der Waals surface area contributed by atoms with Crippen molar-refractivity contribution < 1.29 is 13.2 Å². The summed E-state index contributed by atoms with van der Waals surface area (Å²) in [5.41, 5.74) is 2.05. The van der Waals surface area contributed by atoms with E-state index in [1.165, 1.54) is 28.3 Å². The van der Waals surface area contributed by atoms with Gasteiger partial charge in [-0.2, -0.15) is 4.31 Å². The second-order valence-corrected chi connectivity index (χ2v) is 10.3. The number of fused-ring (bicyclic) bond motifs is 2. The highest BCUT2D eigenvalue weighted by atomic mass is 32.2. The van der Waals surface area contributed by atoms with Crippen molar-refractivity contribution in [3.8, 4) is 0 Å². The van der Waals surface area contributed by atoms with Crippen LogP contribution in [0.15, 0.2) is 58.8 Å². The molecule has 1 aromatic carbocycles. The molecule has 3 heterocycles. The summed E-state index contributed by atoms with van der Waals surface area (Å²) in [6, 6.07) is 10.8. The van der Waals surface area contributed by atoms with Crippen LogP contribution in [0.25, 0.3) is 16.6 Å². The molecule has 0 aliphatic rings. The Kier molecular flexibility index (Phi) is 5.87. The molecule has 0 spiro atoms. The normalized spacial score (nSPS) is 13.3. The van der Waals surface area contributed by atoms with Gasteiger partial charge in [-0.1, -0.05) is 43.8 Å². The molecule has 0 saturated heterocycles. The van der Waals surface area contributed by atoms with Gasteiger partial charge in [0.15, 0.2) is 16.6 Å². The maximum Gasteiger partial charge on any atom is 0.244 e. The fourth-order valence-electron chi connectivity index (χ4n) is 3.50. The number of pyridine rings is 1. The number of aromatic amines is 1. The molecule has 1 unspecified atom stereocenters. The molecule has 0 aliphatic heterocycles. The van der Waals surface area contributed by atoms with Crippen LogP contribution in [0.2, 0.25) is 0 Å².